The van der Waals surface area contributed by atoms with Crippen molar-refractivity contribution >= 4 is 26.8 Å². The maximum Gasteiger partial charge on any atom is 0.261 e. The van der Waals surface area contributed by atoms with Crippen LogP contribution in [0.1, 0.15) is 0 Å². The van der Waals surface area contributed by atoms with Gasteiger partial charge in [0.2, 0.25) is 5.89 Å². The SMILES string of the molecule is O=S(=O)(Nc1ccc(-c2nc3ccccc3o2)cc1)c1ccc(O)cc1. The summed E-state index contributed by atoms with van der Waals surface area (Å²) in [4.78, 5) is 4.48. The fraction of sp³-hybridized carbons (Fsp3) is 0. The molecule has 0 aliphatic heterocycles. The minimum absolute atomic E-state index is 0.00615. The molecule has 4 rings (SSSR count). The molecule has 0 saturated heterocycles. The lowest BCUT2D eigenvalue weighted by atomic mass is 10.2. The molecule has 0 aliphatic carbocycles. The van der Waals surface area contributed by atoms with Crippen molar-refractivity contribution in [2.24, 2.45) is 0 Å². The zero-order valence-corrected chi connectivity index (χ0v) is 14.3. The summed E-state index contributed by atoms with van der Waals surface area (Å²) in [6, 6.07) is 19.5. The summed E-state index contributed by atoms with van der Waals surface area (Å²) in [5.41, 5.74) is 2.62. The Balaban J connectivity index is 1.58. The minimum Gasteiger partial charge on any atom is -0.508 e. The Hall–Kier alpha value is -3.32. The Morgan fingerprint density at radius 1 is 0.885 bits per heavy atom. The summed E-state index contributed by atoms with van der Waals surface area (Å²) < 4.78 is 32.9. The van der Waals surface area contributed by atoms with Gasteiger partial charge in [0.15, 0.2) is 5.58 Å². The van der Waals surface area contributed by atoms with E-state index in [9.17, 15) is 13.5 Å². The van der Waals surface area contributed by atoms with Crippen molar-refractivity contribution in [3.63, 3.8) is 0 Å². The zero-order chi connectivity index (χ0) is 18.1. The Bertz CT molecular complexity index is 1130. The molecule has 2 N–H and O–H groups in total. The predicted molar refractivity (Wildman–Crippen MR) is 98.4 cm³/mol. The van der Waals surface area contributed by atoms with Gasteiger partial charge in [-0.1, -0.05) is 12.1 Å². The molecule has 1 heterocycles. The van der Waals surface area contributed by atoms with Gasteiger partial charge in [0.1, 0.15) is 11.3 Å². The second kappa shape index (κ2) is 6.20. The van der Waals surface area contributed by atoms with E-state index in [0.29, 0.717) is 17.2 Å². The standard InChI is InChI=1S/C19H14N2O4S/c22-15-9-11-16(12-10-15)26(23,24)21-14-7-5-13(6-8-14)19-20-17-3-1-2-4-18(17)25-19/h1-12,21-22H. The number of phenolic OH excluding ortho intramolecular Hbond substituents is 1. The summed E-state index contributed by atoms with van der Waals surface area (Å²) in [7, 11) is -3.73. The fourth-order valence-electron chi connectivity index (χ4n) is 2.52. The molecule has 7 heteroatoms. The number of phenols is 1. The highest BCUT2D eigenvalue weighted by molar-refractivity contribution is 7.92. The van der Waals surface area contributed by atoms with Crippen LogP contribution in [-0.4, -0.2) is 18.5 Å². The van der Waals surface area contributed by atoms with Gasteiger partial charge in [-0.25, -0.2) is 13.4 Å². The molecule has 0 fully saturated rings. The molecule has 0 amide bonds. The predicted octanol–water partition coefficient (Wildman–Crippen LogP) is 4.00. The average Bonchev–Trinajstić information content (AvgIpc) is 3.06. The highest BCUT2D eigenvalue weighted by atomic mass is 32.2. The molecule has 6 nitrogen and oxygen atoms in total. The van der Waals surface area contributed by atoms with Gasteiger partial charge in [-0.3, -0.25) is 4.72 Å². The lowest BCUT2D eigenvalue weighted by Gasteiger charge is -2.08. The van der Waals surface area contributed by atoms with E-state index < -0.39 is 10.0 Å². The maximum absolute atomic E-state index is 12.4. The van der Waals surface area contributed by atoms with Crippen molar-refractivity contribution in [2.75, 3.05) is 4.72 Å². The van der Waals surface area contributed by atoms with Crippen LogP contribution in [0.2, 0.25) is 0 Å². The highest BCUT2D eigenvalue weighted by Crippen LogP contribution is 2.26. The maximum atomic E-state index is 12.4. The third-order valence-electron chi connectivity index (χ3n) is 3.82. The number of para-hydroxylation sites is 2. The third kappa shape index (κ3) is 3.12. The molecule has 0 radical (unpaired) electrons. The first-order valence-electron chi connectivity index (χ1n) is 7.79. The summed E-state index contributed by atoms with van der Waals surface area (Å²) in [6.07, 6.45) is 0. The molecule has 0 atom stereocenters. The number of aromatic hydroxyl groups is 1. The van der Waals surface area contributed by atoms with Gasteiger partial charge in [0.25, 0.3) is 10.0 Å². The number of sulfonamides is 1. The summed E-state index contributed by atoms with van der Waals surface area (Å²) in [5.74, 6) is 0.478. The van der Waals surface area contributed by atoms with Crippen LogP contribution in [0.15, 0.2) is 82.1 Å². The van der Waals surface area contributed by atoms with Crippen LogP contribution in [-0.2, 0) is 10.0 Å². The number of oxazole rings is 1. The number of nitrogens with one attached hydrogen (secondary N) is 1. The first kappa shape index (κ1) is 16.2. The van der Waals surface area contributed by atoms with E-state index in [1.165, 1.54) is 24.3 Å². The Labute approximate surface area is 149 Å². The number of nitrogens with zero attached hydrogens (tertiary/aromatic N) is 1. The second-order valence-electron chi connectivity index (χ2n) is 5.66. The van der Waals surface area contributed by atoms with Crippen LogP contribution in [0.25, 0.3) is 22.6 Å². The molecule has 3 aromatic carbocycles. The zero-order valence-electron chi connectivity index (χ0n) is 13.5. The number of fused-ring (bicyclic) bond motifs is 1. The summed E-state index contributed by atoms with van der Waals surface area (Å²) >= 11 is 0. The number of hydrogen-bond donors (Lipinski definition) is 2. The lowest BCUT2D eigenvalue weighted by molar-refractivity contribution is 0.475. The minimum atomic E-state index is -3.73. The van der Waals surface area contributed by atoms with Gasteiger partial charge >= 0.3 is 0 Å². The van der Waals surface area contributed by atoms with Crippen molar-refractivity contribution in [3.8, 4) is 17.2 Å². The molecule has 0 bridgehead atoms. The molecule has 1 aromatic heterocycles. The molecule has 0 saturated carbocycles. The molecule has 0 unspecified atom stereocenters. The van der Waals surface area contributed by atoms with Crippen molar-refractivity contribution in [1.29, 1.82) is 0 Å². The molecular formula is C19H14N2O4S. The van der Waals surface area contributed by atoms with Crippen molar-refractivity contribution < 1.29 is 17.9 Å². The van der Waals surface area contributed by atoms with E-state index in [2.05, 4.69) is 9.71 Å². The van der Waals surface area contributed by atoms with E-state index in [0.717, 1.165) is 11.1 Å². The number of benzene rings is 3. The highest BCUT2D eigenvalue weighted by Gasteiger charge is 2.14. The molecule has 0 spiro atoms. The van der Waals surface area contributed by atoms with Crippen molar-refractivity contribution in [3.05, 3.63) is 72.8 Å². The number of rotatable bonds is 4. The first-order valence-corrected chi connectivity index (χ1v) is 9.27. The van der Waals surface area contributed by atoms with Gasteiger partial charge in [-0.15, -0.1) is 0 Å². The monoisotopic (exact) mass is 366 g/mol. The van der Waals surface area contributed by atoms with E-state index in [4.69, 9.17) is 4.42 Å². The van der Waals surface area contributed by atoms with Gasteiger partial charge in [0, 0.05) is 11.3 Å². The van der Waals surface area contributed by atoms with Crippen LogP contribution >= 0.6 is 0 Å². The molecule has 130 valence electrons. The van der Waals surface area contributed by atoms with Crippen molar-refractivity contribution in [2.45, 2.75) is 4.90 Å². The van der Waals surface area contributed by atoms with E-state index in [1.54, 1.807) is 24.3 Å². The van der Waals surface area contributed by atoms with Gasteiger partial charge in [-0.2, -0.15) is 0 Å². The van der Waals surface area contributed by atoms with Crippen LogP contribution < -0.4 is 4.72 Å². The Morgan fingerprint density at radius 2 is 1.58 bits per heavy atom. The molecule has 26 heavy (non-hydrogen) atoms. The van der Waals surface area contributed by atoms with Crippen LogP contribution in [0.4, 0.5) is 5.69 Å². The second-order valence-corrected chi connectivity index (χ2v) is 7.35. The van der Waals surface area contributed by atoms with Crippen LogP contribution in [0.3, 0.4) is 0 Å². The van der Waals surface area contributed by atoms with E-state index >= 15 is 0 Å². The largest absolute Gasteiger partial charge is 0.508 e. The van der Waals surface area contributed by atoms with Crippen molar-refractivity contribution in [1.82, 2.24) is 4.98 Å². The van der Waals surface area contributed by atoms with Gasteiger partial charge in [-0.05, 0) is 60.7 Å². The normalized spacial score (nSPS) is 11.5. The average molecular weight is 366 g/mol. The Morgan fingerprint density at radius 3 is 2.27 bits per heavy atom. The quantitative estimate of drug-likeness (QED) is 0.569. The fourth-order valence-corrected chi connectivity index (χ4v) is 3.57. The number of anilines is 1. The van der Waals surface area contributed by atoms with Gasteiger partial charge in [0.05, 0.1) is 4.90 Å². The lowest BCUT2D eigenvalue weighted by Crippen LogP contribution is -2.12. The topological polar surface area (TPSA) is 92.4 Å². The van der Waals surface area contributed by atoms with Crippen LogP contribution in [0, 0.1) is 0 Å². The molecule has 0 aliphatic rings. The molecule has 4 aromatic rings. The smallest absolute Gasteiger partial charge is 0.261 e. The Kier molecular flexibility index (Phi) is 3.85. The third-order valence-corrected chi connectivity index (χ3v) is 5.22. The summed E-state index contributed by atoms with van der Waals surface area (Å²) in [5, 5.41) is 9.27. The van der Waals surface area contributed by atoms with E-state index in [1.807, 2.05) is 24.3 Å². The van der Waals surface area contributed by atoms with Crippen LogP contribution in [0.5, 0.6) is 5.75 Å². The number of aromatic nitrogens is 1. The van der Waals surface area contributed by atoms with Gasteiger partial charge < -0.3 is 9.52 Å². The first-order chi connectivity index (χ1) is 12.5. The summed E-state index contributed by atoms with van der Waals surface area (Å²) in [6.45, 7) is 0. The van der Waals surface area contributed by atoms with E-state index in [-0.39, 0.29) is 10.6 Å². The number of hydrogen-bond acceptors (Lipinski definition) is 5. The molecular weight excluding hydrogens is 352 g/mol.